The first-order valence-electron chi connectivity index (χ1n) is 5.24. The smallest absolute Gasteiger partial charge is 0.251 e. The van der Waals surface area contributed by atoms with Crippen LogP contribution in [-0.4, -0.2) is 21.9 Å². The van der Waals surface area contributed by atoms with Crippen molar-refractivity contribution in [2.75, 3.05) is 0 Å². The summed E-state index contributed by atoms with van der Waals surface area (Å²) in [6, 6.07) is 1.99. The van der Waals surface area contributed by atoms with Gasteiger partial charge in [0.2, 0.25) is 5.91 Å². The fourth-order valence-corrected chi connectivity index (χ4v) is 1.44. The van der Waals surface area contributed by atoms with Crippen LogP contribution in [0.25, 0.3) is 0 Å². The molecule has 0 aliphatic heterocycles. The molecule has 0 atom stereocenters. The van der Waals surface area contributed by atoms with E-state index in [9.17, 15) is 9.59 Å². The maximum atomic E-state index is 11.3. The standard InChI is InChI=1S/C10H14N4O2/c11-8(15)4-9-13-7(3-10(16)14-9)5-12-6-1-2-6/h3,6,12H,1-2,4-5H2,(H2,11,15)(H,13,14,16). The number of carbonyl (C=O) groups is 1. The molecular weight excluding hydrogens is 208 g/mol. The maximum absolute atomic E-state index is 11.3. The van der Waals surface area contributed by atoms with Crippen LogP contribution in [0.5, 0.6) is 0 Å². The molecule has 6 nitrogen and oxygen atoms in total. The molecule has 0 spiro atoms. The zero-order valence-corrected chi connectivity index (χ0v) is 8.82. The lowest BCUT2D eigenvalue weighted by Gasteiger charge is -2.03. The monoisotopic (exact) mass is 222 g/mol. The van der Waals surface area contributed by atoms with Gasteiger partial charge in [0.1, 0.15) is 5.82 Å². The van der Waals surface area contributed by atoms with E-state index in [0.29, 0.717) is 24.1 Å². The highest BCUT2D eigenvalue weighted by Gasteiger charge is 2.20. The van der Waals surface area contributed by atoms with Crippen LogP contribution in [-0.2, 0) is 17.8 Å². The van der Waals surface area contributed by atoms with Gasteiger partial charge < -0.3 is 16.0 Å². The number of carbonyl (C=O) groups excluding carboxylic acids is 1. The van der Waals surface area contributed by atoms with Gasteiger partial charge in [0.25, 0.3) is 5.56 Å². The normalized spacial score (nSPS) is 15.0. The third-order valence-corrected chi connectivity index (χ3v) is 2.33. The van der Waals surface area contributed by atoms with E-state index in [-0.39, 0.29) is 12.0 Å². The molecule has 0 bridgehead atoms. The third kappa shape index (κ3) is 3.16. The summed E-state index contributed by atoms with van der Waals surface area (Å²) in [4.78, 5) is 28.6. The summed E-state index contributed by atoms with van der Waals surface area (Å²) < 4.78 is 0. The molecule has 1 aromatic rings. The molecule has 16 heavy (non-hydrogen) atoms. The molecule has 1 aliphatic carbocycles. The molecule has 0 radical (unpaired) electrons. The van der Waals surface area contributed by atoms with Crippen LogP contribution in [0.2, 0.25) is 0 Å². The Hall–Kier alpha value is -1.69. The fraction of sp³-hybridized carbons (Fsp3) is 0.500. The number of aromatic amines is 1. The Balaban J connectivity index is 2.07. The molecule has 1 amide bonds. The molecule has 1 aliphatic rings. The summed E-state index contributed by atoms with van der Waals surface area (Å²) in [7, 11) is 0. The molecule has 0 saturated heterocycles. The van der Waals surface area contributed by atoms with Gasteiger partial charge in [-0.05, 0) is 12.8 Å². The van der Waals surface area contributed by atoms with E-state index in [0.717, 1.165) is 0 Å². The largest absolute Gasteiger partial charge is 0.369 e. The van der Waals surface area contributed by atoms with Gasteiger partial charge in [0.05, 0.1) is 12.1 Å². The summed E-state index contributed by atoms with van der Waals surface area (Å²) in [5.41, 5.74) is 5.43. The Bertz CT molecular complexity index is 450. The van der Waals surface area contributed by atoms with E-state index in [4.69, 9.17) is 5.73 Å². The second-order valence-corrected chi connectivity index (χ2v) is 3.98. The number of nitrogens with zero attached hydrogens (tertiary/aromatic N) is 1. The molecule has 1 fully saturated rings. The Kier molecular flexibility index (Phi) is 3.00. The maximum Gasteiger partial charge on any atom is 0.251 e. The van der Waals surface area contributed by atoms with Crippen LogP contribution in [0.1, 0.15) is 24.4 Å². The summed E-state index contributed by atoms with van der Waals surface area (Å²) in [5, 5.41) is 3.25. The van der Waals surface area contributed by atoms with Crippen molar-refractivity contribution in [3.8, 4) is 0 Å². The Morgan fingerprint density at radius 1 is 1.62 bits per heavy atom. The summed E-state index contributed by atoms with van der Waals surface area (Å²) in [5.74, 6) is -0.178. The number of hydrogen-bond acceptors (Lipinski definition) is 4. The summed E-state index contributed by atoms with van der Waals surface area (Å²) in [6.45, 7) is 0.556. The van der Waals surface area contributed by atoms with Gasteiger partial charge in [-0.2, -0.15) is 0 Å². The highest BCUT2D eigenvalue weighted by Crippen LogP contribution is 2.18. The van der Waals surface area contributed by atoms with E-state index in [1.54, 1.807) is 0 Å². The van der Waals surface area contributed by atoms with Gasteiger partial charge in [-0.3, -0.25) is 9.59 Å². The number of H-pyrrole nitrogens is 1. The predicted octanol–water partition coefficient (Wildman–Crippen LogP) is -0.950. The van der Waals surface area contributed by atoms with Crippen LogP contribution in [0.15, 0.2) is 10.9 Å². The zero-order chi connectivity index (χ0) is 11.5. The first-order chi connectivity index (χ1) is 7.63. The Morgan fingerprint density at radius 2 is 2.38 bits per heavy atom. The van der Waals surface area contributed by atoms with Crippen molar-refractivity contribution in [3.05, 3.63) is 27.9 Å². The van der Waals surface area contributed by atoms with Gasteiger partial charge in [-0.25, -0.2) is 4.98 Å². The van der Waals surface area contributed by atoms with Crippen LogP contribution in [0.3, 0.4) is 0 Å². The minimum absolute atomic E-state index is 0.0352. The van der Waals surface area contributed by atoms with Crippen molar-refractivity contribution < 1.29 is 4.79 Å². The molecule has 4 N–H and O–H groups in total. The topological polar surface area (TPSA) is 101 Å². The molecule has 1 saturated carbocycles. The van der Waals surface area contributed by atoms with E-state index in [2.05, 4.69) is 15.3 Å². The number of aromatic nitrogens is 2. The molecular formula is C10H14N4O2. The first kappa shape index (κ1) is 10.8. The van der Waals surface area contributed by atoms with Gasteiger partial charge >= 0.3 is 0 Å². The second kappa shape index (κ2) is 4.44. The highest BCUT2D eigenvalue weighted by atomic mass is 16.1. The lowest BCUT2D eigenvalue weighted by atomic mass is 10.3. The SMILES string of the molecule is NC(=O)Cc1nc(CNC2CC2)cc(=O)[nH]1. The average molecular weight is 222 g/mol. The van der Waals surface area contributed by atoms with Gasteiger partial charge in [0, 0.05) is 18.7 Å². The Morgan fingerprint density at radius 3 is 3.00 bits per heavy atom. The zero-order valence-electron chi connectivity index (χ0n) is 8.82. The number of nitrogens with one attached hydrogen (secondary N) is 2. The van der Waals surface area contributed by atoms with E-state index in [1.807, 2.05) is 0 Å². The fourth-order valence-electron chi connectivity index (χ4n) is 1.44. The van der Waals surface area contributed by atoms with Crippen LogP contribution >= 0.6 is 0 Å². The number of amides is 1. The molecule has 0 aromatic carbocycles. The van der Waals surface area contributed by atoms with Gasteiger partial charge in [0.15, 0.2) is 0 Å². The van der Waals surface area contributed by atoms with Crippen molar-refractivity contribution in [2.24, 2.45) is 5.73 Å². The van der Waals surface area contributed by atoms with Gasteiger partial charge in [-0.15, -0.1) is 0 Å². The quantitative estimate of drug-likeness (QED) is 0.597. The summed E-state index contributed by atoms with van der Waals surface area (Å²) >= 11 is 0. The predicted molar refractivity (Wildman–Crippen MR) is 57.6 cm³/mol. The van der Waals surface area contributed by atoms with Crippen LogP contribution < -0.4 is 16.6 Å². The molecule has 1 heterocycles. The molecule has 0 unspecified atom stereocenters. The number of hydrogen-bond donors (Lipinski definition) is 3. The van der Waals surface area contributed by atoms with E-state index >= 15 is 0 Å². The van der Waals surface area contributed by atoms with Crippen LogP contribution in [0.4, 0.5) is 0 Å². The molecule has 86 valence electrons. The number of nitrogens with two attached hydrogens (primary N) is 1. The molecule has 6 heteroatoms. The van der Waals surface area contributed by atoms with E-state index in [1.165, 1.54) is 18.9 Å². The molecule has 1 aromatic heterocycles. The van der Waals surface area contributed by atoms with E-state index < -0.39 is 5.91 Å². The second-order valence-electron chi connectivity index (χ2n) is 3.98. The highest BCUT2D eigenvalue weighted by molar-refractivity contribution is 5.75. The van der Waals surface area contributed by atoms with Crippen molar-refractivity contribution >= 4 is 5.91 Å². The number of primary amides is 1. The number of rotatable bonds is 5. The first-order valence-corrected chi connectivity index (χ1v) is 5.24. The van der Waals surface area contributed by atoms with Crippen molar-refractivity contribution in [1.82, 2.24) is 15.3 Å². The average Bonchev–Trinajstić information content (AvgIpc) is 2.95. The third-order valence-electron chi connectivity index (χ3n) is 2.33. The molecule has 2 rings (SSSR count). The summed E-state index contributed by atoms with van der Waals surface area (Å²) in [6.07, 6.45) is 2.32. The van der Waals surface area contributed by atoms with Crippen molar-refractivity contribution in [2.45, 2.75) is 31.8 Å². The van der Waals surface area contributed by atoms with Gasteiger partial charge in [-0.1, -0.05) is 0 Å². The lowest BCUT2D eigenvalue weighted by Crippen LogP contribution is -2.23. The van der Waals surface area contributed by atoms with Crippen molar-refractivity contribution in [3.63, 3.8) is 0 Å². The van der Waals surface area contributed by atoms with Crippen LogP contribution in [0, 0.1) is 0 Å². The lowest BCUT2D eigenvalue weighted by molar-refractivity contribution is -0.117. The Labute approximate surface area is 92.3 Å². The minimum Gasteiger partial charge on any atom is -0.369 e. The van der Waals surface area contributed by atoms with Crippen molar-refractivity contribution in [1.29, 1.82) is 0 Å². The minimum atomic E-state index is -0.504.